The molecule has 3 rings (SSSR count). The molecule has 2 aliphatic heterocycles. The number of benzene rings is 1. The first kappa shape index (κ1) is 13.7. The third-order valence-corrected chi connectivity index (χ3v) is 4.50. The number of carbonyl (C=O) groups excluding carboxylic acids is 1. The Labute approximate surface area is 126 Å². The van der Waals surface area contributed by atoms with Crippen molar-refractivity contribution < 1.29 is 14.6 Å². The molecule has 0 spiro atoms. The number of carbonyl (C=O) groups is 1. The van der Waals surface area contributed by atoms with E-state index in [-0.39, 0.29) is 23.9 Å². The van der Waals surface area contributed by atoms with Crippen LogP contribution < -0.4 is 10.1 Å². The summed E-state index contributed by atoms with van der Waals surface area (Å²) in [5, 5.41) is 13.3. The zero-order valence-corrected chi connectivity index (χ0v) is 12.8. The van der Waals surface area contributed by atoms with Gasteiger partial charge in [-0.25, -0.2) is 0 Å². The molecule has 20 heavy (non-hydrogen) atoms. The van der Waals surface area contributed by atoms with Crippen molar-refractivity contribution in [3.8, 4) is 11.5 Å². The predicted molar refractivity (Wildman–Crippen MR) is 77.6 cm³/mol. The van der Waals surface area contributed by atoms with E-state index < -0.39 is 0 Å². The van der Waals surface area contributed by atoms with Crippen molar-refractivity contribution in [2.75, 3.05) is 13.7 Å². The molecule has 1 aromatic carbocycles. The van der Waals surface area contributed by atoms with E-state index >= 15 is 0 Å². The maximum Gasteiger partial charge on any atom is 0.238 e. The average Bonchev–Trinajstić information content (AvgIpc) is 2.79. The summed E-state index contributed by atoms with van der Waals surface area (Å²) in [6.45, 7) is 0.863. The Morgan fingerprint density at radius 3 is 3.00 bits per heavy atom. The van der Waals surface area contributed by atoms with Gasteiger partial charge in [0.05, 0.1) is 13.2 Å². The highest BCUT2D eigenvalue weighted by Gasteiger charge is 2.42. The summed E-state index contributed by atoms with van der Waals surface area (Å²) in [4.78, 5) is 14.2. The average molecular weight is 341 g/mol. The van der Waals surface area contributed by atoms with Gasteiger partial charge in [-0.2, -0.15) is 0 Å². The Morgan fingerprint density at radius 2 is 2.25 bits per heavy atom. The number of phenols is 1. The van der Waals surface area contributed by atoms with E-state index in [1.54, 1.807) is 6.07 Å². The molecule has 0 aromatic heterocycles. The lowest BCUT2D eigenvalue weighted by atomic mass is 10.0. The topological polar surface area (TPSA) is 61.8 Å². The van der Waals surface area contributed by atoms with Crippen LogP contribution in [0.1, 0.15) is 31.0 Å². The lowest BCUT2D eigenvalue weighted by molar-refractivity contribution is -0.122. The second-order valence-electron chi connectivity index (χ2n) is 5.21. The third-order valence-electron chi connectivity index (χ3n) is 4.04. The number of piperidine rings is 1. The lowest BCUT2D eigenvalue weighted by Crippen LogP contribution is -2.38. The smallest absolute Gasteiger partial charge is 0.238 e. The standard InChI is InChI=1S/C14H17BrN2O3/c1-20-11-7-8(15)6-9(12(11)18)13-16-14(19)10-4-2-3-5-17(10)13/h6-7,10,13,18H,2-5H2,1H3,(H,16,19)/t10-,13+/m0/s1. The molecule has 0 bridgehead atoms. The van der Waals surface area contributed by atoms with Crippen LogP contribution >= 0.6 is 15.9 Å². The number of rotatable bonds is 2. The largest absolute Gasteiger partial charge is 0.504 e. The van der Waals surface area contributed by atoms with Crippen molar-refractivity contribution in [1.82, 2.24) is 10.2 Å². The summed E-state index contributed by atoms with van der Waals surface area (Å²) >= 11 is 3.42. The van der Waals surface area contributed by atoms with Gasteiger partial charge in [-0.1, -0.05) is 22.4 Å². The van der Waals surface area contributed by atoms with Gasteiger partial charge in [-0.3, -0.25) is 9.69 Å². The van der Waals surface area contributed by atoms with Crippen molar-refractivity contribution in [3.63, 3.8) is 0 Å². The van der Waals surface area contributed by atoms with Gasteiger partial charge < -0.3 is 15.2 Å². The number of halogens is 1. The second-order valence-corrected chi connectivity index (χ2v) is 6.12. The van der Waals surface area contributed by atoms with Gasteiger partial charge in [0.1, 0.15) is 6.17 Å². The molecular formula is C14H17BrN2O3. The van der Waals surface area contributed by atoms with Crippen molar-refractivity contribution in [2.45, 2.75) is 31.5 Å². The predicted octanol–water partition coefficient (Wildman–Crippen LogP) is 2.15. The van der Waals surface area contributed by atoms with Crippen LogP contribution in [0.15, 0.2) is 16.6 Å². The number of methoxy groups -OCH3 is 1. The number of fused-ring (bicyclic) bond motifs is 1. The molecule has 2 aliphatic rings. The molecule has 2 atom stereocenters. The fraction of sp³-hybridized carbons (Fsp3) is 0.500. The zero-order valence-electron chi connectivity index (χ0n) is 11.2. The molecule has 0 unspecified atom stereocenters. The molecule has 108 valence electrons. The van der Waals surface area contributed by atoms with Crippen LogP contribution in [0.5, 0.6) is 11.5 Å². The summed E-state index contributed by atoms with van der Waals surface area (Å²) in [6, 6.07) is 3.47. The number of hydrogen-bond donors (Lipinski definition) is 2. The maximum absolute atomic E-state index is 12.1. The van der Waals surface area contributed by atoms with Crippen molar-refractivity contribution in [1.29, 1.82) is 0 Å². The van der Waals surface area contributed by atoms with Gasteiger partial charge in [0.2, 0.25) is 5.91 Å². The van der Waals surface area contributed by atoms with Gasteiger partial charge in [0, 0.05) is 16.6 Å². The molecule has 2 heterocycles. The van der Waals surface area contributed by atoms with E-state index in [4.69, 9.17) is 4.74 Å². The molecule has 2 N–H and O–H groups in total. The van der Waals surface area contributed by atoms with Crippen LogP contribution in [-0.4, -0.2) is 35.6 Å². The van der Waals surface area contributed by atoms with Gasteiger partial charge in [-0.05, 0) is 25.0 Å². The van der Waals surface area contributed by atoms with E-state index in [0.29, 0.717) is 11.3 Å². The number of amides is 1. The summed E-state index contributed by atoms with van der Waals surface area (Å²) in [5.74, 6) is 0.546. The first-order chi connectivity index (χ1) is 9.61. The lowest BCUT2D eigenvalue weighted by Gasteiger charge is -2.31. The fourth-order valence-electron chi connectivity index (χ4n) is 3.07. The first-order valence-corrected chi connectivity index (χ1v) is 7.53. The van der Waals surface area contributed by atoms with Gasteiger partial charge >= 0.3 is 0 Å². The first-order valence-electron chi connectivity index (χ1n) is 6.74. The normalized spacial score (nSPS) is 26.2. The Hall–Kier alpha value is -1.27. The van der Waals surface area contributed by atoms with E-state index in [9.17, 15) is 9.90 Å². The van der Waals surface area contributed by atoms with Crippen LogP contribution in [0, 0.1) is 0 Å². The summed E-state index contributed by atoms with van der Waals surface area (Å²) in [6.07, 6.45) is 2.76. The molecule has 1 amide bonds. The van der Waals surface area contributed by atoms with E-state index in [1.807, 2.05) is 6.07 Å². The van der Waals surface area contributed by atoms with Crippen LogP contribution in [0.4, 0.5) is 0 Å². The molecule has 2 saturated heterocycles. The molecule has 5 nitrogen and oxygen atoms in total. The number of ether oxygens (including phenoxy) is 1. The van der Waals surface area contributed by atoms with Gasteiger partial charge in [0.25, 0.3) is 0 Å². The molecule has 0 aliphatic carbocycles. The van der Waals surface area contributed by atoms with Crippen LogP contribution in [0.25, 0.3) is 0 Å². The van der Waals surface area contributed by atoms with Crippen molar-refractivity contribution in [2.24, 2.45) is 0 Å². The maximum atomic E-state index is 12.1. The fourth-order valence-corrected chi connectivity index (χ4v) is 3.53. The number of nitrogens with one attached hydrogen (secondary N) is 1. The Bertz CT molecular complexity index is 549. The molecule has 2 fully saturated rings. The van der Waals surface area contributed by atoms with Gasteiger partial charge in [-0.15, -0.1) is 0 Å². The molecule has 0 radical (unpaired) electrons. The highest BCUT2D eigenvalue weighted by Crippen LogP contribution is 2.41. The Morgan fingerprint density at radius 1 is 1.45 bits per heavy atom. The van der Waals surface area contributed by atoms with Crippen LogP contribution in [0.3, 0.4) is 0 Å². The quantitative estimate of drug-likeness (QED) is 0.865. The summed E-state index contributed by atoms with van der Waals surface area (Å²) < 4.78 is 5.99. The number of nitrogens with zero attached hydrogens (tertiary/aromatic N) is 1. The number of phenolic OH excluding ortho intramolecular Hbond substituents is 1. The van der Waals surface area contributed by atoms with Crippen LogP contribution in [-0.2, 0) is 4.79 Å². The van der Waals surface area contributed by atoms with E-state index in [1.165, 1.54) is 7.11 Å². The van der Waals surface area contributed by atoms with Crippen molar-refractivity contribution >= 4 is 21.8 Å². The monoisotopic (exact) mass is 340 g/mol. The summed E-state index contributed by atoms with van der Waals surface area (Å²) in [7, 11) is 1.52. The second kappa shape index (κ2) is 5.26. The van der Waals surface area contributed by atoms with Gasteiger partial charge in [0.15, 0.2) is 11.5 Å². The van der Waals surface area contributed by atoms with E-state index in [2.05, 4.69) is 26.1 Å². The van der Waals surface area contributed by atoms with Crippen molar-refractivity contribution in [3.05, 3.63) is 22.2 Å². The Kier molecular flexibility index (Phi) is 3.60. The Balaban J connectivity index is 2.00. The molecule has 6 heteroatoms. The molecule has 0 saturated carbocycles. The third kappa shape index (κ3) is 2.16. The summed E-state index contributed by atoms with van der Waals surface area (Å²) in [5.41, 5.74) is 0.675. The zero-order chi connectivity index (χ0) is 14.3. The minimum Gasteiger partial charge on any atom is -0.504 e. The molecule has 1 aromatic rings. The number of hydrogen-bond acceptors (Lipinski definition) is 4. The minimum absolute atomic E-state index is 0.0491. The SMILES string of the molecule is COc1cc(Br)cc([C@@H]2NC(=O)[C@@H]3CCCCN32)c1O. The molecular weight excluding hydrogens is 324 g/mol. The van der Waals surface area contributed by atoms with E-state index in [0.717, 1.165) is 30.3 Å². The van der Waals surface area contributed by atoms with Crippen LogP contribution in [0.2, 0.25) is 0 Å². The highest BCUT2D eigenvalue weighted by molar-refractivity contribution is 9.10. The minimum atomic E-state index is -0.279. The number of aromatic hydroxyl groups is 1. The highest BCUT2D eigenvalue weighted by atomic mass is 79.9.